The number of methoxy groups -OCH3 is 1. The fraction of sp³-hybridized carbons (Fsp3) is 0.185. The van der Waals surface area contributed by atoms with E-state index in [0.29, 0.717) is 18.1 Å². The summed E-state index contributed by atoms with van der Waals surface area (Å²) in [5, 5.41) is 5.55. The van der Waals surface area contributed by atoms with Crippen LogP contribution in [0.2, 0.25) is 5.02 Å². The SMILES string of the molecule is COc1ccccc1CC(=O)N(C)Cc1cn(Cc2ccccc2Cl)nc1-c1ccccc1. The maximum Gasteiger partial charge on any atom is 0.227 e. The molecule has 1 aromatic heterocycles. The fourth-order valence-electron chi connectivity index (χ4n) is 3.79. The van der Waals surface area contributed by atoms with Crippen LogP contribution in [0.4, 0.5) is 0 Å². The van der Waals surface area contributed by atoms with Crippen molar-refractivity contribution in [3.63, 3.8) is 0 Å². The van der Waals surface area contributed by atoms with Crippen LogP contribution in [-0.4, -0.2) is 34.7 Å². The number of halogens is 1. The van der Waals surface area contributed by atoms with Crippen molar-refractivity contribution in [2.24, 2.45) is 0 Å². The minimum atomic E-state index is 0.0114. The summed E-state index contributed by atoms with van der Waals surface area (Å²) >= 11 is 6.36. The van der Waals surface area contributed by atoms with Gasteiger partial charge in [0.1, 0.15) is 5.75 Å². The lowest BCUT2D eigenvalue weighted by Crippen LogP contribution is -2.28. The number of benzene rings is 3. The maximum absolute atomic E-state index is 13.0. The van der Waals surface area contributed by atoms with Gasteiger partial charge in [0.15, 0.2) is 0 Å². The molecular weight excluding hydrogens is 434 g/mol. The fourth-order valence-corrected chi connectivity index (χ4v) is 3.99. The van der Waals surface area contributed by atoms with Gasteiger partial charge in [-0.15, -0.1) is 0 Å². The summed E-state index contributed by atoms with van der Waals surface area (Å²) in [6.07, 6.45) is 2.27. The average Bonchev–Trinajstić information content (AvgIpc) is 3.23. The molecule has 0 unspecified atom stereocenters. The van der Waals surface area contributed by atoms with Crippen molar-refractivity contribution in [3.8, 4) is 17.0 Å². The molecular formula is C27H26ClN3O2. The van der Waals surface area contributed by atoms with Gasteiger partial charge in [-0.3, -0.25) is 9.48 Å². The number of para-hydroxylation sites is 1. The van der Waals surface area contributed by atoms with E-state index < -0.39 is 0 Å². The van der Waals surface area contributed by atoms with E-state index in [9.17, 15) is 4.79 Å². The van der Waals surface area contributed by atoms with Gasteiger partial charge in [-0.2, -0.15) is 5.10 Å². The van der Waals surface area contributed by atoms with Crippen LogP contribution >= 0.6 is 11.6 Å². The summed E-state index contributed by atoms with van der Waals surface area (Å²) in [6.45, 7) is 0.999. The van der Waals surface area contributed by atoms with Gasteiger partial charge >= 0.3 is 0 Å². The van der Waals surface area contributed by atoms with Crippen molar-refractivity contribution in [3.05, 3.63) is 107 Å². The Hall–Kier alpha value is -3.57. The van der Waals surface area contributed by atoms with Crippen molar-refractivity contribution in [1.82, 2.24) is 14.7 Å². The van der Waals surface area contributed by atoms with Crippen LogP contribution in [0.15, 0.2) is 85.1 Å². The third-order valence-electron chi connectivity index (χ3n) is 5.54. The topological polar surface area (TPSA) is 47.4 Å². The molecule has 168 valence electrons. The second kappa shape index (κ2) is 10.4. The molecule has 33 heavy (non-hydrogen) atoms. The lowest BCUT2D eigenvalue weighted by Gasteiger charge is -2.18. The van der Waals surface area contributed by atoms with E-state index >= 15 is 0 Å². The Morgan fingerprint density at radius 2 is 1.61 bits per heavy atom. The van der Waals surface area contributed by atoms with Crippen molar-refractivity contribution >= 4 is 17.5 Å². The second-order valence-electron chi connectivity index (χ2n) is 7.90. The van der Waals surface area contributed by atoms with Gasteiger partial charge < -0.3 is 9.64 Å². The lowest BCUT2D eigenvalue weighted by atomic mass is 10.1. The zero-order valence-electron chi connectivity index (χ0n) is 18.7. The van der Waals surface area contributed by atoms with Gasteiger partial charge in [0.2, 0.25) is 5.91 Å². The normalized spacial score (nSPS) is 10.8. The lowest BCUT2D eigenvalue weighted by molar-refractivity contribution is -0.129. The number of amides is 1. The molecule has 4 aromatic rings. The summed E-state index contributed by atoms with van der Waals surface area (Å²) < 4.78 is 7.28. The monoisotopic (exact) mass is 459 g/mol. The van der Waals surface area contributed by atoms with Crippen molar-refractivity contribution in [2.75, 3.05) is 14.2 Å². The molecule has 0 fully saturated rings. The maximum atomic E-state index is 13.0. The first kappa shape index (κ1) is 22.6. The molecule has 0 N–H and O–H groups in total. The van der Waals surface area contributed by atoms with Crippen LogP contribution < -0.4 is 4.74 Å². The van der Waals surface area contributed by atoms with E-state index in [1.54, 1.807) is 12.0 Å². The Morgan fingerprint density at radius 3 is 2.33 bits per heavy atom. The molecule has 5 nitrogen and oxygen atoms in total. The summed E-state index contributed by atoms with van der Waals surface area (Å²) in [7, 11) is 3.43. The molecule has 0 bridgehead atoms. The minimum absolute atomic E-state index is 0.0114. The minimum Gasteiger partial charge on any atom is -0.496 e. The van der Waals surface area contributed by atoms with E-state index in [4.69, 9.17) is 21.4 Å². The van der Waals surface area contributed by atoms with Crippen molar-refractivity contribution < 1.29 is 9.53 Å². The van der Waals surface area contributed by atoms with Gasteiger partial charge in [0.05, 0.1) is 25.8 Å². The molecule has 4 rings (SSSR count). The highest BCUT2D eigenvalue weighted by Crippen LogP contribution is 2.25. The standard InChI is InChI=1S/C27H26ClN3O2/c1-30(26(32)16-21-12-7-9-15-25(21)33-2)17-23-19-31(18-22-13-6-8-14-24(22)28)29-27(23)20-10-4-3-5-11-20/h3-15,19H,16-18H2,1-2H3. The summed E-state index contributed by atoms with van der Waals surface area (Å²) in [4.78, 5) is 14.7. The van der Waals surface area contributed by atoms with Crippen LogP contribution in [0.5, 0.6) is 5.75 Å². The Bertz CT molecular complexity index is 1240. The molecule has 3 aromatic carbocycles. The highest BCUT2D eigenvalue weighted by molar-refractivity contribution is 6.31. The van der Waals surface area contributed by atoms with E-state index in [1.165, 1.54) is 0 Å². The van der Waals surface area contributed by atoms with Crippen LogP contribution in [-0.2, 0) is 24.3 Å². The molecule has 0 aliphatic heterocycles. The number of hydrogen-bond acceptors (Lipinski definition) is 3. The molecule has 0 aliphatic carbocycles. The highest BCUT2D eigenvalue weighted by Gasteiger charge is 2.18. The zero-order valence-corrected chi connectivity index (χ0v) is 19.5. The van der Waals surface area contributed by atoms with Gasteiger partial charge in [-0.05, 0) is 17.7 Å². The molecule has 1 amide bonds. The predicted octanol–water partition coefficient (Wildman–Crippen LogP) is 5.46. The molecule has 6 heteroatoms. The largest absolute Gasteiger partial charge is 0.496 e. The van der Waals surface area contributed by atoms with Crippen molar-refractivity contribution in [1.29, 1.82) is 0 Å². The number of ether oxygens (including phenoxy) is 1. The number of nitrogens with zero attached hydrogens (tertiary/aromatic N) is 3. The first-order chi connectivity index (χ1) is 16.0. The number of hydrogen-bond donors (Lipinski definition) is 0. The Labute approximate surface area is 199 Å². The van der Waals surface area contributed by atoms with Gasteiger partial charge in [0.25, 0.3) is 0 Å². The van der Waals surface area contributed by atoms with Gasteiger partial charge in [-0.25, -0.2) is 0 Å². The Balaban J connectivity index is 1.58. The number of carbonyl (C=O) groups excluding carboxylic acids is 1. The van der Waals surface area contributed by atoms with Crippen LogP contribution in [0.25, 0.3) is 11.3 Å². The highest BCUT2D eigenvalue weighted by atomic mass is 35.5. The number of likely N-dealkylation sites (N-methyl/N-ethyl adjacent to an activating group) is 1. The third-order valence-corrected chi connectivity index (χ3v) is 5.91. The predicted molar refractivity (Wildman–Crippen MR) is 131 cm³/mol. The van der Waals surface area contributed by atoms with Crippen LogP contribution in [0, 0.1) is 0 Å². The zero-order chi connectivity index (χ0) is 23.2. The molecule has 0 saturated carbocycles. The Kier molecular flexibility index (Phi) is 7.10. The average molecular weight is 460 g/mol. The van der Waals surface area contributed by atoms with E-state index in [1.807, 2.05) is 96.8 Å². The molecule has 0 aliphatic rings. The summed E-state index contributed by atoms with van der Waals surface area (Å²) in [5.41, 5.74) is 4.71. The molecule has 0 radical (unpaired) electrons. The van der Waals surface area contributed by atoms with Gasteiger partial charge in [0, 0.05) is 41.5 Å². The van der Waals surface area contributed by atoms with Crippen molar-refractivity contribution in [2.45, 2.75) is 19.5 Å². The molecule has 0 saturated heterocycles. The van der Waals surface area contributed by atoms with Crippen LogP contribution in [0.3, 0.4) is 0 Å². The first-order valence-corrected chi connectivity index (χ1v) is 11.1. The quantitative estimate of drug-likeness (QED) is 0.351. The second-order valence-corrected chi connectivity index (χ2v) is 8.30. The number of carbonyl (C=O) groups is 1. The van der Waals surface area contributed by atoms with E-state index in [0.717, 1.165) is 33.7 Å². The first-order valence-electron chi connectivity index (χ1n) is 10.8. The van der Waals surface area contributed by atoms with Crippen LogP contribution in [0.1, 0.15) is 16.7 Å². The van der Waals surface area contributed by atoms with E-state index in [-0.39, 0.29) is 12.3 Å². The molecule has 0 spiro atoms. The smallest absolute Gasteiger partial charge is 0.227 e. The molecule has 0 atom stereocenters. The summed E-state index contributed by atoms with van der Waals surface area (Å²) in [6, 6.07) is 25.4. The number of aromatic nitrogens is 2. The number of rotatable bonds is 8. The Morgan fingerprint density at radius 1 is 0.939 bits per heavy atom. The van der Waals surface area contributed by atoms with E-state index in [2.05, 4.69) is 0 Å². The summed E-state index contributed by atoms with van der Waals surface area (Å²) in [5.74, 6) is 0.731. The third kappa shape index (κ3) is 5.44. The molecule has 1 heterocycles. The van der Waals surface area contributed by atoms with Gasteiger partial charge in [-0.1, -0.05) is 78.3 Å².